The molecule has 4 nitrogen and oxygen atoms in total. The summed E-state index contributed by atoms with van der Waals surface area (Å²) in [5, 5.41) is 8.97. The fraction of sp³-hybridized carbons (Fsp3) is 0.333. The van der Waals surface area contributed by atoms with Crippen molar-refractivity contribution in [3.8, 4) is 0 Å². The number of anilines is 1. The number of rotatable bonds is 7. The number of ketones is 1. The highest BCUT2D eigenvalue weighted by Gasteiger charge is 2.16. The van der Waals surface area contributed by atoms with Gasteiger partial charge < -0.3 is 10.0 Å². The van der Waals surface area contributed by atoms with Crippen molar-refractivity contribution < 1.29 is 14.7 Å². The van der Waals surface area contributed by atoms with Crippen LogP contribution in [0.5, 0.6) is 0 Å². The molecule has 0 amide bonds. The highest BCUT2D eigenvalue weighted by Crippen LogP contribution is 2.17. The minimum atomic E-state index is -0.825. The number of nitrogens with zero attached hydrogens (tertiary/aromatic N) is 1. The molecule has 19 heavy (non-hydrogen) atoms. The Kier molecular flexibility index (Phi) is 5.30. The van der Waals surface area contributed by atoms with Crippen molar-refractivity contribution in [2.24, 2.45) is 5.92 Å². The lowest BCUT2D eigenvalue weighted by Crippen LogP contribution is -2.32. The molecular formula is C15H19NO3. The van der Waals surface area contributed by atoms with Crippen LogP contribution < -0.4 is 4.90 Å². The van der Waals surface area contributed by atoms with E-state index in [4.69, 9.17) is 5.11 Å². The summed E-state index contributed by atoms with van der Waals surface area (Å²) in [6, 6.07) is 7.15. The molecule has 1 aromatic rings. The molecule has 0 saturated carbocycles. The first kappa shape index (κ1) is 15.0. The standard InChI is InChI=1S/C15H19NO3/c1-4-9-16(10-11(2)15(18)19)14-7-5-13(6-8-14)12(3)17/h4-8,11H,1,9-10H2,2-3H3,(H,18,19). The molecule has 1 rings (SSSR count). The number of carboxylic acids is 1. The Bertz CT molecular complexity index is 465. The van der Waals surface area contributed by atoms with E-state index in [-0.39, 0.29) is 5.78 Å². The number of benzene rings is 1. The molecular weight excluding hydrogens is 242 g/mol. The zero-order chi connectivity index (χ0) is 14.4. The Labute approximate surface area is 113 Å². The van der Waals surface area contributed by atoms with Crippen LogP contribution in [0.3, 0.4) is 0 Å². The van der Waals surface area contributed by atoms with E-state index in [1.807, 2.05) is 17.0 Å². The second kappa shape index (κ2) is 6.73. The topological polar surface area (TPSA) is 57.6 Å². The Balaban J connectivity index is 2.89. The Morgan fingerprint density at radius 1 is 1.37 bits per heavy atom. The zero-order valence-electron chi connectivity index (χ0n) is 11.3. The van der Waals surface area contributed by atoms with E-state index in [1.54, 1.807) is 25.1 Å². The largest absolute Gasteiger partial charge is 0.481 e. The number of carbonyl (C=O) groups is 2. The lowest BCUT2D eigenvalue weighted by Gasteiger charge is -2.25. The molecule has 1 atom stereocenters. The highest BCUT2D eigenvalue weighted by molar-refractivity contribution is 5.94. The van der Waals surface area contributed by atoms with Gasteiger partial charge in [-0.1, -0.05) is 13.0 Å². The quantitative estimate of drug-likeness (QED) is 0.605. The molecule has 0 heterocycles. The summed E-state index contributed by atoms with van der Waals surface area (Å²) >= 11 is 0. The molecule has 0 aliphatic carbocycles. The van der Waals surface area contributed by atoms with Gasteiger partial charge in [0.25, 0.3) is 0 Å². The first-order valence-electron chi connectivity index (χ1n) is 6.15. The summed E-state index contributed by atoms with van der Waals surface area (Å²) in [4.78, 5) is 24.1. The third-order valence-corrected chi connectivity index (χ3v) is 2.90. The average Bonchev–Trinajstić information content (AvgIpc) is 2.38. The van der Waals surface area contributed by atoms with Crippen LogP contribution in [0.4, 0.5) is 5.69 Å². The predicted molar refractivity (Wildman–Crippen MR) is 75.7 cm³/mol. The molecule has 0 aliphatic heterocycles. The number of aliphatic carboxylic acids is 1. The smallest absolute Gasteiger partial charge is 0.308 e. The number of carboxylic acid groups (broad SMARTS) is 1. The van der Waals surface area contributed by atoms with Crippen molar-refractivity contribution in [1.29, 1.82) is 0 Å². The molecule has 1 unspecified atom stereocenters. The van der Waals surface area contributed by atoms with Crippen molar-refractivity contribution in [2.45, 2.75) is 13.8 Å². The molecule has 0 bridgehead atoms. The lowest BCUT2D eigenvalue weighted by molar-refractivity contribution is -0.140. The van der Waals surface area contributed by atoms with E-state index < -0.39 is 11.9 Å². The van der Waals surface area contributed by atoms with Gasteiger partial charge in [0.15, 0.2) is 5.78 Å². The maximum atomic E-state index is 11.2. The van der Waals surface area contributed by atoms with Crippen molar-refractivity contribution in [3.05, 3.63) is 42.5 Å². The van der Waals surface area contributed by atoms with Crippen molar-refractivity contribution in [1.82, 2.24) is 0 Å². The number of hydrogen-bond donors (Lipinski definition) is 1. The van der Waals surface area contributed by atoms with Gasteiger partial charge in [0, 0.05) is 24.3 Å². The van der Waals surface area contributed by atoms with Crippen LogP contribution in [-0.4, -0.2) is 29.9 Å². The monoisotopic (exact) mass is 261 g/mol. The minimum absolute atomic E-state index is 0.0146. The Morgan fingerprint density at radius 2 is 1.95 bits per heavy atom. The van der Waals surface area contributed by atoms with Gasteiger partial charge >= 0.3 is 5.97 Å². The molecule has 0 saturated heterocycles. The maximum Gasteiger partial charge on any atom is 0.308 e. The summed E-state index contributed by atoms with van der Waals surface area (Å²) in [5.74, 6) is -1.28. The van der Waals surface area contributed by atoms with E-state index in [0.29, 0.717) is 18.7 Å². The van der Waals surface area contributed by atoms with E-state index in [0.717, 1.165) is 5.69 Å². The second-order valence-electron chi connectivity index (χ2n) is 4.54. The summed E-state index contributed by atoms with van der Waals surface area (Å²) in [6.07, 6.45) is 1.73. The number of hydrogen-bond acceptors (Lipinski definition) is 3. The molecule has 102 valence electrons. The average molecular weight is 261 g/mol. The molecule has 0 fully saturated rings. The van der Waals surface area contributed by atoms with Crippen LogP contribution in [0.1, 0.15) is 24.2 Å². The van der Waals surface area contributed by atoms with Gasteiger partial charge in [0.05, 0.1) is 5.92 Å². The second-order valence-corrected chi connectivity index (χ2v) is 4.54. The summed E-state index contributed by atoms with van der Waals surface area (Å²) in [5.41, 5.74) is 1.53. The van der Waals surface area contributed by atoms with Crippen molar-refractivity contribution in [3.63, 3.8) is 0 Å². The maximum absolute atomic E-state index is 11.2. The van der Waals surface area contributed by atoms with Crippen LogP contribution in [0.2, 0.25) is 0 Å². The SMILES string of the molecule is C=CCN(CC(C)C(=O)O)c1ccc(C(C)=O)cc1. The number of carbonyl (C=O) groups excluding carboxylic acids is 1. The van der Waals surface area contributed by atoms with Gasteiger partial charge in [-0.15, -0.1) is 6.58 Å². The van der Waals surface area contributed by atoms with Crippen LogP contribution in [0, 0.1) is 5.92 Å². The van der Waals surface area contributed by atoms with Gasteiger partial charge in [-0.05, 0) is 31.2 Å². The molecule has 1 N–H and O–H groups in total. The molecule has 1 aromatic carbocycles. The first-order valence-corrected chi connectivity index (χ1v) is 6.15. The molecule has 0 spiro atoms. The summed E-state index contributed by atoms with van der Waals surface area (Å²) in [6.45, 7) is 7.84. The van der Waals surface area contributed by atoms with Crippen LogP contribution >= 0.6 is 0 Å². The summed E-state index contributed by atoms with van der Waals surface area (Å²) < 4.78 is 0. The third kappa shape index (κ3) is 4.25. The van der Waals surface area contributed by atoms with Gasteiger partial charge in [0.1, 0.15) is 0 Å². The predicted octanol–water partition coefficient (Wildman–Crippen LogP) is 2.60. The Morgan fingerprint density at radius 3 is 2.37 bits per heavy atom. The third-order valence-electron chi connectivity index (χ3n) is 2.90. The van der Waals surface area contributed by atoms with E-state index in [1.165, 1.54) is 6.92 Å². The lowest BCUT2D eigenvalue weighted by atomic mass is 10.1. The highest BCUT2D eigenvalue weighted by atomic mass is 16.4. The number of Topliss-reactive ketones (excluding diaryl/α,β-unsaturated/α-hetero) is 1. The van der Waals surface area contributed by atoms with Gasteiger partial charge in [-0.2, -0.15) is 0 Å². The molecule has 0 aromatic heterocycles. The van der Waals surface area contributed by atoms with Gasteiger partial charge in [0.2, 0.25) is 0 Å². The molecule has 0 aliphatic rings. The van der Waals surface area contributed by atoms with E-state index >= 15 is 0 Å². The zero-order valence-corrected chi connectivity index (χ0v) is 11.3. The van der Waals surface area contributed by atoms with Crippen LogP contribution in [0.15, 0.2) is 36.9 Å². The first-order chi connectivity index (χ1) is 8.95. The van der Waals surface area contributed by atoms with Crippen LogP contribution in [0.25, 0.3) is 0 Å². The minimum Gasteiger partial charge on any atom is -0.481 e. The van der Waals surface area contributed by atoms with Crippen LogP contribution in [-0.2, 0) is 4.79 Å². The normalized spacial score (nSPS) is 11.7. The molecule has 4 heteroatoms. The summed E-state index contributed by atoms with van der Waals surface area (Å²) in [7, 11) is 0. The van der Waals surface area contributed by atoms with Crippen molar-refractivity contribution >= 4 is 17.4 Å². The molecule has 0 radical (unpaired) electrons. The van der Waals surface area contributed by atoms with E-state index in [2.05, 4.69) is 6.58 Å². The Hall–Kier alpha value is -2.10. The van der Waals surface area contributed by atoms with E-state index in [9.17, 15) is 9.59 Å². The van der Waals surface area contributed by atoms with Crippen molar-refractivity contribution in [2.75, 3.05) is 18.0 Å². The fourth-order valence-electron chi connectivity index (χ4n) is 1.76. The fourth-order valence-corrected chi connectivity index (χ4v) is 1.76. The van der Waals surface area contributed by atoms with Gasteiger partial charge in [-0.3, -0.25) is 9.59 Å². The van der Waals surface area contributed by atoms with Gasteiger partial charge in [-0.25, -0.2) is 0 Å².